The summed E-state index contributed by atoms with van der Waals surface area (Å²) >= 11 is 0. The first-order chi connectivity index (χ1) is 13.3. The predicted molar refractivity (Wildman–Crippen MR) is 109 cm³/mol. The van der Waals surface area contributed by atoms with Crippen LogP contribution in [0, 0.1) is 0 Å². The summed E-state index contributed by atoms with van der Waals surface area (Å²) in [6, 6.07) is 24.2. The van der Waals surface area contributed by atoms with Gasteiger partial charge in [0.2, 0.25) is 0 Å². The molecule has 0 bridgehead atoms. The maximum atomic E-state index is 5.84. The Kier molecular flexibility index (Phi) is 6.58. The Morgan fingerprint density at radius 1 is 0.741 bits per heavy atom. The van der Waals surface area contributed by atoms with E-state index in [-0.39, 0.29) is 0 Å². The molecule has 3 aromatic carbocycles. The fraction of sp³-hybridized carbons (Fsp3) is 0.217. The Bertz CT molecular complexity index is 832. The van der Waals surface area contributed by atoms with Gasteiger partial charge in [0.25, 0.3) is 0 Å². The fourth-order valence-electron chi connectivity index (χ4n) is 2.78. The Hall–Kier alpha value is -3.14. The zero-order valence-corrected chi connectivity index (χ0v) is 15.8. The lowest BCUT2D eigenvalue weighted by atomic mass is 10.2. The molecule has 4 heteroatoms. The van der Waals surface area contributed by atoms with Crippen molar-refractivity contribution < 1.29 is 14.2 Å². The lowest BCUT2D eigenvalue weighted by Gasteiger charge is -2.13. The topological polar surface area (TPSA) is 39.7 Å². The lowest BCUT2D eigenvalue weighted by molar-refractivity contribution is 0.322. The van der Waals surface area contributed by atoms with Crippen molar-refractivity contribution in [1.82, 2.24) is 0 Å². The molecular formula is C23H25NO3. The molecule has 1 N–H and O–H groups in total. The maximum absolute atomic E-state index is 5.84. The molecular weight excluding hydrogens is 338 g/mol. The van der Waals surface area contributed by atoms with Gasteiger partial charge in [0, 0.05) is 19.0 Å². The molecule has 0 saturated heterocycles. The molecule has 0 saturated carbocycles. The third-order valence-corrected chi connectivity index (χ3v) is 4.32. The largest absolute Gasteiger partial charge is 0.497 e. The van der Waals surface area contributed by atoms with Gasteiger partial charge in [0.05, 0.1) is 26.5 Å². The molecule has 0 spiro atoms. The number of anilines is 1. The second-order valence-electron chi connectivity index (χ2n) is 6.15. The van der Waals surface area contributed by atoms with Gasteiger partial charge < -0.3 is 19.5 Å². The monoisotopic (exact) mass is 363 g/mol. The number of nitrogens with one attached hydrogen (secondary N) is 1. The number of rotatable bonds is 9. The zero-order chi connectivity index (χ0) is 18.9. The van der Waals surface area contributed by atoms with Gasteiger partial charge in [0.15, 0.2) is 0 Å². The van der Waals surface area contributed by atoms with Crippen LogP contribution in [-0.2, 0) is 13.0 Å². The molecule has 0 amide bonds. The minimum absolute atomic E-state index is 0.669. The molecule has 3 rings (SSSR count). The Labute approximate surface area is 160 Å². The van der Waals surface area contributed by atoms with Crippen LogP contribution in [0.1, 0.15) is 11.1 Å². The molecule has 140 valence electrons. The number of hydrogen-bond donors (Lipinski definition) is 1. The first kappa shape index (κ1) is 18.6. The number of benzene rings is 3. The highest BCUT2D eigenvalue weighted by Crippen LogP contribution is 2.29. The minimum Gasteiger partial charge on any atom is -0.497 e. The van der Waals surface area contributed by atoms with E-state index in [1.807, 2.05) is 36.4 Å². The molecule has 27 heavy (non-hydrogen) atoms. The van der Waals surface area contributed by atoms with Crippen LogP contribution in [0.2, 0.25) is 0 Å². The van der Waals surface area contributed by atoms with Crippen molar-refractivity contribution in [3.8, 4) is 17.2 Å². The third kappa shape index (κ3) is 5.42. The smallest absolute Gasteiger partial charge is 0.142 e. The Balaban J connectivity index is 1.52. The molecule has 0 fully saturated rings. The molecule has 0 aliphatic rings. The van der Waals surface area contributed by atoms with Gasteiger partial charge in [-0.25, -0.2) is 0 Å². The van der Waals surface area contributed by atoms with Crippen molar-refractivity contribution in [2.24, 2.45) is 0 Å². The van der Waals surface area contributed by atoms with Crippen LogP contribution in [0.25, 0.3) is 0 Å². The number of hydrogen-bond acceptors (Lipinski definition) is 4. The average molecular weight is 363 g/mol. The number of ether oxygens (including phenoxy) is 3. The van der Waals surface area contributed by atoms with E-state index < -0.39 is 0 Å². The summed E-state index contributed by atoms with van der Waals surface area (Å²) in [6.07, 6.45) is 0.903. The van der Waals surface area contributed by atoms with Crippen LogP contribution in [0.15, 0.2) is 72.8 Å². The molecule has 0 aromatic heterocycles. The van der Waals surface area contributed by atoms with E-state index in [0.29, 0.717) is 13.2 Å². The van der Waals surface area contributed by atoms with Gasteiger partial charge in [-0.1, -0.05) is 42.5 Å². The summed E-state index contributed by atoms with van der Waals surface area (Å²) in [5.41, 5.74) is 3.35. The molecule has 0 heterocycles. The standard InChI is InChI=1S/C23H25NO3/c1-25-21-12-13-23(26-2)22(16-21)24-17-19-8-10-20(11-9-19)27-15-14-18-6-4-3-5-7-18/h3-13,16,24H,14-15,17H2,1-2H3. The summed E-state index contributed by atoms with van der Waals surface area (Å²) in [4.78, 5) is 0. The summed E-state index contributed by atoms with van der Waals surface area (Å²) in [6.45, 7) is 1.36. The van der Waals surface area contributed by atoms with E-state index in [2.05, 4.69) is 41.7 Å². The Morgan fingerprint density at radius 2 is 1.48 bits per heavy atom. The van der Waals surface area contributed by atoms with Crippen molar-refractivity contribution in [1.29, 1.82) is 0 Å². The summed E-state index contributed by atoms with van der Waals surface area (Å²) in [5, 5.41) is 3.39. The van der Waals surface area contributed by atoms with Crippen molar-refractivity contribution in [3.05, 3.63) is 83.9 Å². The summed E-state index contributed by atoms with van der Waals surface area (Å²) in [7, 11) is 3.32. The zero-order valence-electron chi connectivity index (χ0n) is 15.8. The third-order valence-electron chi connectivity index (χ3n) is 4.32. The van der Waals surface area contributed by atoms with Crippen molar-refractivity contribution in [2.75, 3.05) is 26.1 Å². The van der Waals surface area contributed by atoms with Gasteiger partial charge in [-0.05, 0) is 35.4 Å². The van der Waals surface area contributed by atoms with Crippen LogP contribution in [0.5, 0.6) is 17.2 Å². The molecule has 0 radical (unpaired) electrons. The van der Waals surface area contributed by atoms with Crippen molar-refractivity contribution in [3.63, 3.8) is 0 Å². The normalized spacial score (nSPS) is 10.3. The molecule has 3 aromatic rings. The van der Waals surface area contributed by atoms with E-state index in [0.717, 1.165) is 34.9 Å². The van der Waals surface area contributed by atoms with Gasteiger partial charge in [0.1, 0.15) is 17.2 Å². The highest BCUT2D eigenvalue weighted by Gasteiger charge is 2.05. The molecule has 0 aliphatic heterocycles. The van der Waals surface area contributed by atoms with Gasteiger partial charge in [-0.15, -0.1) is 0 Å². The quantitative estimate of drug-likeness (QED) is 0.585. The van der Waals surface area contributed by atoms with E-state index in [9.17, 15) is 0 Å². The lowest BCUT2D eigenvalue weighted by Crippen LogP contribution is -2.03. The highest BCUT2D eigenvalue weighted by atomic mass is 16.5. The SMILES string of the molecule is COc1ccc(OC)c(NCc2ccc(OCCc3ccccc3)cc2)c1. The van der Waals surface area contributed by atoms with Gasteiger partial charge in [-0.3, -0.25) is 0 Å². The second kappa shape index (κ2) is 9.53. The van der Waals surface area contributed by atoms with Crippen molar-refractivity contribution >= 4 is 5.69 Å². The van der Waals surface area contributed by atoms with Crippen molar-refractivity contribution in [2.45, 2.75) is 13.0 Å². The van der Waals surface area contributed by atoms with Gasteiger partial charge in [-0.2, -0.15) is 0 Å². The van der Waals surface area contributed by atoms with Crippen LogP contribution in [0.3, 0.4) is 0 Å². The van der Waals surface area contributed by atoms with Crippen LogP contribution >= 0.6 is 0 Å². The van der Waals surface area contributed by atoms with Crippen LogP contribution in [0.4, 0.5) is 5.69 Å². The van der Waals surface area contributed by atoms with Crippen LogP contribution in [-0.4, -0.2) is 20.8 Å². The fourth-order valence-corrected chi connectivity index (χ4v) is 2.78. The molecule has 4 nitrogen and oxygen atoms in total. The minimum atomic E-state index is 0.669. The first-order valence-electron chi connectivity index (χ1n) is 9.00. The van der Waals surface area contributed by atoms with Crippen LogP contribution < -0.4 is 19.5 Å². The van der Waals surface area contributed by atoms with E-state index in [1.165, 1.54) is 5.56 Å². The van der Waals surface area contributed by atoms with E-state index in [4.69, 9.17) is 14.2 Å². The maximum Gasteiger partial charge on any atom is 0.142 e. The highest BCUT2D eigenvalue weighted by molar-refractivity contribution is 5.60. The summed E-state index contributed by atoms with van der Waals surface area (Å²) in [5.74, 6) is 2.46. The second-order valence-corrected chi connectivity index (χ2v) is 6.15. The molecule has 0 aliphatic carbocycles. The average Bonchev–Trinajstić information content (AvgIpc) is 2.73. The molecule has 0 unspecified atom stereocenters. The van der Waals surface area contributed by atoms with Gasteiger partial charge >= 0.3 is 0 Å². The van der Waals surface area contributed by atoms with E-state index in [1.54, 1.807) is 14.2 Å². The Morgan fingerprint density at radius 3 is 2.19 bits per heavy atom. The van der Waals surface area contributed by atoms with E-state index >= 15 is 0 Å². The molecule has 0 atom stereocenters. The summed E-state index contributed by atoms with van der Waals surface area (Å²) < 4.78 is 16.5. The predicted octanol–water partition coefficient (Wildman–Crippen LogP) is 4.94. The number of methoxy groups -OCH3 is 2. The first-order valence-corrected chi connectivity index (χ1v) is 9.00.